The van der Waals surface area contributed by atoms with Crippen LogP contribution in [0.4, 0.5) is 0 Å². The van der Waals surface area contributed by atoms with Gasteiger partial charge < -0.3 is 10.8 Å². The third kappa shape index (κ3) is 1.23. The molecule has 0 aliphatic rings. The molecule has 0 aliphatic heterocycles. The van der Waals surface area contributed by atoms with Crippen LogP contribution in [0.25, 0.3) is 0 Å². The highest BCUT2D eigenvalue weighted by Crippen LogP contribution is 1.98. The molecule has 0 radical (unpaired) electrons. The molecule has 0 aliphatic carbocycles. The van der Waals surface area contributed by atoms with Crippen molar-refractivity contribution in [2.24, 2.45) is 5.73 Å². The minimum atomic E-state index is -0.890. The number of aromatic nitrogens is 3. The van der Waals surface area contributed by atoms with E-state index in [2.05, 4.69) is 15.2 Å². The minimum absolute atomic E-state index is 0.0425. The second-order valence-corrected chi connectivity index (χ2v) is 1.81. The quantitative estimate of drug-likeness (QED) is 0.388. The number of nitrogens with zero attached hydrogens (tertiary/aromatic N) is 1. The molecular weight excluding hydrogens is 136 g/mol. The second kappa shape index (κ2) is 2.63. The van der Waals surface area contributed by atoms with Crippen molar-refractivity contribution >= 4 is 0 Å². The molecule has 0 aromatic carbocycles. The first-order valence-corrected chi connectivity index (χ1v) is 2.76. The Balaban J connectivity index is 2.84. The molecule has 5 N–H and O–H groups in total. The van der Waals surface area contributed by atoms with E-state index in [1.165, 1.54) is 0 Å². The van der Waals surface area contributed by atoms with E-state index in [1.54, 1.807) is 0 Å². The molecule has 0 fully saturated rings. The Labute approximate surface area is 56.1 Å². The summed E-state index contributed by atoms with van der Waals surface area (Å²) in [6.45, 7) is 0.0425. The van der Waals surface area contributed by atoms with Crippen LogP contribution in [0.1, 0.15) is 11.9 Å². The summed E-state index contributed by atoms with van der Waals surface area (Å²) in [6.07, 6.45) is -0.890. The highest BCUT2D eigenvalue weighted by atomic mass is 16.3. The molecule has 0 saturated carbocycles. The number of hydrogen-bond acceptors (Lipinski definition) is 4. The second-order valence-electron chi connectivity index (χ2n) is 1.81. The highest BCUT2D eigenvalue weighted by Gasteiger charge is 2.07. The van der Waals surface area contributed by atoms with Crippen LogP contribution in [0.2, 0.25) is 0 Å². The molecular formula is C4H8N4O2. The number of hydrogen-bond donors (Lipinski definition) is 4. The first-order chi connectivity index (χ1) is 4.74. The first kappa shape index (κ1) is 6.97. The average molecular weight is 144 g/mol. The summed E-state index contributed by atoms with van der Waals surface area (Å²) in [4.78, 5) is 12.7. The summed E-state index contributed by atoms with van der Waals surface area (Å²) in [6, 6.07) is 0. The SMILES string of the molecule is NC[C@H](O)c1n[nH]c(=O)[nH]1. The van der Waals surface area contributed by atoms with Crippen LogP contribution >= 0.6 is 0 Å². The van der Waals surface area contributed by atoms with Gasteiger partial charge >= 0.3 is 5.69 Å². The molecule has 6 heteroatoms. The smallest absolute Gasteiger partial charge is 0.340 e. The van der Waals surface area contributed by atoms with Gasteiger partial charge in [0.15, 0.2) is 5.82 Å². The van der Waals surface area contributed by atoms with Crippen LogP contribution in [0.15, 0.2) is 4.79 Å². The Kier molecular flexibility index (Phi) is 1.83. The lowest BCUT2D eigenvalue weighted by atomic mass is 10.3. The lowest BCUT2D eigenvalue weighted by Gasteiger charge is -1.99. The third-order valence-corrected chi connectivity index (χ3v) is 1.06. The molecule has 1 atom stereocenters. The van der Waals surface area contributed by atoms with Crippen molar-refractivity contribution in [2.45, 2.75) is 6.10 Å². The van der Waals surface area contributed by atoms with Crippen molar-refractivity contribution in [3.63, 3.8) is 0 Å². The van der Waals surface area contributed by atoms with Crippen molar-refractivity contribution in [1.82, 2.24) is 15.2 Å². The van der Waals surface area contributed by atoms with Gasteiger partial charge in [-0.3, -0.25) is 4.98 Å². The maximum Gasteiger partial charge on any atom is 0.340 e. The standard InChI is InChI=1S/C4H8N4O2/c5-1-2(9)3-6-4(10)8-7-3/h2,9H,1,5H2,(H2,6,7,8,10)/t2-/m0/s1. The summed E-state index contributed by atoms with van der Waals surface area (Å²) in [5.74, 6) is 0.174. The maximum absolute atomic E-state index is 10.4. The molecule has 1 aromatic rings. The number of rotatable bonds is 2. The van der Waals surface area contributed by atoms with Gasteiger partial charge in [-0.2, -0.15) is 5.10 Å². The molecule has 10 heavy (non-hydrogen) atoms. The molecule has 0 unspecified atom stereocenters. The largest absolute Gasteiger partial charge is 0.384 e. The van der Waals surface area contributed by atoms with Gasteiger partial charge in [0.25, 0.3) is 0 Å². The third-order valence-electron chi connectivity index (χ3n) is 1.06. The number of H-pyrrole nitrogens is 2. The van der Waals surface area contributed by atoms with Gasteiger partial charge in [0.1, 0.15) is 6.10 Å². The zero-order valence-corrected chi connectivity index (χ0v) is 5.16. The zero-order chi connectivity index (χ0) is 7.56. The summed E-state index contributed by atoms with van der Waals surface area (Å²) >= 11 is 0. The minimum Gasteiger partial charge on any atom is -0.384 e. The summed E-state index contributed by atoms with van der Waals surface area (Å²) in [5, 5.41) is 14.5. The Morgan fingerprint density at radius 3 is 2.90 bits per heavy atom. The molecule has 0 spiro atoms. The predicted octanol–water partition coefficient (Wildman–Crippen LogP) is -1.91. The fraction of sp³-hybridized carbons (Fsp3) is 0.500. The lowest BCUT2D eigenvalue weighted by Crippen LogP contribution is -2.13. The monoisotopic (exact) mass is 144 g/mol. The van der Waals surface area contributed by atoms with Crippen LogP contribution in [0, 0.1) is 0 Å². The Morgan fingerprint density at radius 1 is 1.80 bits per heavy atom. The van der Waals surface area contributed by atoms with Gasteiger partial charge in [0.2, 0.25) is 0 Å². The van der Waals surface area contributed by atoms with E-state index >= 15 is 0 Å². The molecule has 0 bridgehead atoms. The van der Waals surface area contributed by atoms with Gasteiger partial charge in [-0.05, 0) is 0 Å². The van der Waals surface area contributed by atoms with Gasteiger partial charge in [0, 0.05) is 6.54 Å². The van der Waals surface area contributed by atoms with Crippen LogP contribution in [0.5, 0.6) is 0 Å². The van der Waals surface area contributed by atoms with Gasteiger partial charge in [-0.25, -0.2) is 9.89 Å². The Morgan fingerprint density at radius 2 is 2.50 bits per heavy atom. The molecule has 0 saturated heterocycles. The van der Waals surface area contributed by atoms with Crippen LogP contribution in [-0.2, 0) is 0 Å². The molecule has 1 heterocycles. The molecule has 0 amide bonds. The number of aliphatic hydroxyl groups excluding tert-OH is 1. The number of aliphatic hydroxyl groups is 1. The van der Waals surface area contributed by atoms with Crippen molar-refractivity contribution in [3.05, 3.63) is 16.3 Å². The van der Waals surface area contributed by atoms with E-state index in [-0.39, 0.29) is 12.4 Å². The lowest BCUT2D eigenvalue weighted by molar-refractivity contribution is 0.177. The zero-order valence-electron chi connectivity index (χ0n) is 5.16. The molecule has 1 aromatic heterocycles. The Bertz CT molecular complexity index is 252. The van der Waals surface area contributed by atoms with Crippen molar-refractivity contribution in [1.29, 1.82) is 0 Å². The van der Waals surface area contributed by atoms with E-state index in [0.29, 0.717) is 0 Å². The summed E-state index contributed by atoms with van der Waals surface area (Å²) in [5.41, 5.74) is 4.65. The molecule has 6 nitrogen and oxygen atoms in total. The molecule has 1 rings (SSSR count). The van der Waals surface area contributed by atoms with Gasteiger partial charge in [-0.15, -0.1) is 0 Å². The van der Waals surface area contributed by atoms with E-state index in [0.717, 1.165) is 0 Å². The normalized spacial score (nSPS) is 13.4. The predicted molar refractivity (Wildman–Crippen MR) is 33.2 cm³/mol. The van der Waals surface area contributed by atoms with E-state index in [9.17, 15) is 4.79 Å². The van der Waals surface area contributed by atoms with Gasteiger partial charge in [0.05, 0.1) is 0 Å². The van der Waals surface area contributed by atoms with Crippen molar-refractivity contribution < 1.29 is 5.11 Å². The van der Waals surface area contributed by atoms with E-state index in [1.807, 2.05) is 0 Å². The van der Waals surface area contributed by atoms with E-state index in [4.69, 9.17) is 10.8 Å². The van der Waals surface area contributed by atoms with Gasteiger partial charge in [-0.1, -0.05) is 0 Å². The van der Waals surface area contributed by atoms with Crippen LogP contribution < -0.4 is 11.4 Å². The Hall–Kier alpha value is -1.14. The first-order valence-electron chi connectivity index (χ1n) is 2.76. The maximum atomic E-state index is 10.4. The van der Waals surface area contributed by atoms with Crippen LogP contribution in [0.3, 0.4) is 0 Å². The molecule has 56 valence electrons. The van der Waals surface area contributed by atoms with Crippen molar-refractivity contribution in [3.8, 4) is 0 Å². The summed E-state index contributed by atoms with van der Waals surface area (Å²) < 4.78 is 0. The number of aromatic amines is 2. The highest BCUT2D eigenvalue weighted by molar-refractivity contribution is 4.86. The van der Waals surface area contributed by atoms with Crippen LogP contribution in [-0.4, -0.2) is 26.8 Å². The van der Waals surface area contributed by atoms with Crippen molar-refractivity contribution in [2.75, 3.05) is 6.54 Å². The van der Waals surface area contributed by atoms with E-state index < -0.39 is 11.8 Å². The topological polar surface area (TPSA) is 108 Å². The average Bonchev–Trinajstić information content (AvgIpc) is 2.34. The fourth-order valence-corrected chi connectivity index (χ4v) is 0.553. The number of nitrogens with two attached hydrogens (primary N) is 1. The summed E-state index contributed by atoms with van der Waals surface area (Å²) in [7, 11) is 0. The number of nitrogens with one attached hydrogen (secondary N) is 2. The fourth-order valence-electron chi connectivity index (χ4n) is 0.553.